The lowest BCUT2D eigenvalue weighted by Gasteiger charge is -2.19. The Hall–Kier alpha value is -0.260. The Bertz CT molecular complexity index is 120. The summed E-state index contributed by atoms with van der Waals surface area (Å²) in [6.07, 6.45) is 4.81. The van der Waals surface area contributed by atoms with Crippen molar-refractivity contribution in [3.63, 3.8) is 0 Å². The van der Waals surface area contributed by atoms with Gasteiger partial charge in [0, 0.05) is 0 Å². The van der Waals surface area contributed by atoms with Crippen LogP contribution >= 0.6 is 0 Å². The summed E-state index contributed by atoms with van der Waals surface area (Å²) >= 11 is 0. The summed E-state index contributed by atoms with van der Waals surface area (Å²) in [4.78, 5) is 0. The number of allylic oxidation sites excluding steroid dienone is 2. The average molecular weight is 154 g/mol. The molecule has 0 radical (unpaired) electrons. The van der Waals surface area contributed by atoms with E-state index < -0.39 is 0 Å². The molecule has 0 saturated heterocycles. The van der Waals surface area contributed by atoms with Gasteiger partial charge in [-0.1, -0.05) is 39.3 Å². The Kier molecular flexibility index (Phi) is 5.27. The van der Waals surface area contributed by atoms with Gasteiger partial charge in [-0.15, -0.1) is 0 Å². The molecule has 0 saturated carbocycles. The van der Waals surface area contributed by atoms with E-state index in [1.54, 1.807) is 5.57 Å². The van der Waals surface area contributed by atoms with Gasteiger partial charge >= 0.3 is 0 Å². The molecule has 0 spiro atoms. The summed E-state index contributed by atoms with van der Waals surface area (Å²) in [6, 6.07) is 0. The largest absolute Gasteiger partial charge is 0.0856 e. The molecule has 0 aromatic heterocycles. The molecule has 1 atom stereocenters. The molecular weight excluding hydrogens is 132 g/mol. The Labute approximate surface area is 71.7 Å². The van der Waals surface area contributed by atoms with E-state index in [0.717, 1.165) is 11.8 Å². The van der Waals surface area contributed by atoms with Crippen molar-refractivity contribution < 1.29 is 0 Å². The molecular formula is C11H22. The Morgan fingerprint density at radius 3 is 2.09 bits per heavy atom. The Morgan fingerprint density at radius 2 is 1.82 bits per heavy atom. The topological polar surface area (TPSA) is 0 Å². The van der Waals surface area contributed by atoms with Gasteiger partial charge in [-0.2, -0.15) is 0 Å². The zero-order chi connectivity index (χ0) is 8.85. The van der Waals surface area contributed by atoms with Gasteiger partial charge in [-0.3, -0.25) is 0 Å². The van der Waals surface area contributed by atoms with Gasteiger partial charge in [-0.25, -0.2) is 0 Å². The third kappa shape index (κ3) is 3.60. The maximum Gasteiger partial charge on any atom is -0.0186 e. The first-order valence-corrected chi connectivity index (χ1v) is 4.80. The molecule has 0 bridgehead atoms. The lowest BCUT2D eigenvalue weighted by atomic mass is 9.86. The first-order chi connectivity index (χ1) is 5.13. The average Bonchev–Trinajstić information content (AvgIpc) is 1.88. The van der Waals surface area contributed by atoms with Crippen LogP contribution < -0.4 is 0 Å². The second kappa shape index (κ2) is 5.40. The summed E-state index contributed by atoms with van der Waals surface area (Å²) in [5.41, 5.74) is 1.57. The molecule has 0 aromatic rings. The Balaban J connectivity index is 4.13. The molecule has 66 valence electrons. The van der Waals surface area contributed by atoms with E-state index in [1.165, 1.54) is 12.8 Å². The van der Waals surface area contributed by atoms with Gasteiger partial charge in [0.1, 0.15) is 0 Å². The van der Waals surface area contributed by atoms with Crippen molar-refractivity contribution in [2.24, 2.45) is 11.8 Å². The van der Waals surface area contributed by atoms with Crippen molar-refractivity contribution in [3.05, 3.63) is 11.6 Å². The first kappa shape index (κ1) is 10.7. The quantitative estimate of drug-likeness (QED) is 0.536. The van der Waals surface area contributed by atoms with Crippen LogP contribution in [0.5, 0.6) is 0 Å². The van der Waals surface area contributed by atoms with Crippen LogP contribution in [-0.4, -0.2) is 0 Å². The molecule has 0 rings (SSSR count). The monoisotopic (exact) mass is 154 g/mol. The third-order valence-corrected chi connectivity index (χ3v) is 2.36. The van der Waals surface area contributed by atoms with Crippen LogP contribution in [0.3, 0.4) is 0 Å². The van der Waals surface area contributed by atoms with Crippen LogP contribution in [0.25, 0.3) is 0 Å². The van der Waals surface area contributed by atoms with Crippen LogP contribution in [0.15, 0.2) is 11.6 Å². The molecule has 0 aliphatic rings. The van der Waals surface area contributed by atoms with E-state index >= 15 is 0 Å². The van der Waals surface area contributed by atoms with Gasteiger partial charge in [0.15, 0.2) is 0 Å². The molecule has 11 heavy (non-hydrogen) atoms. The minimum absolute atomic E-state index is 0.794. The molecule has 0 amide bonds. The summed E-state index contributed by atoms with van der Waals surface area (Å²) in [5.74, 6) is 1.60. The van der Waals surface area contributed by atoms with Gasteiger partial charge in [0.2, 0.25) is 0 Å². The molecule has 0 nitrogen and oxygen atoms in total. The van der Waals surface area contributed by atoms with E-state index in [2.05, 4.69) is 40.7 Å². The highest BCUT2D eigenvalue weighted by atomic mass is 14.2. The SMILES string of the molecule is CCC=C(C)C(CC)C(C)C. The molecule has 1 unspecified atom stereocenters. The number of hydrogen-bond acceptors (Lipinski definition) is 0. The van der Waals surface area contributed by atoms with E-state index in [4.69, 9.17) is 0 Å². The zero-order valence-corrected chi connectivity index (χ0v) is 8.65. The predicted octanol–water partition coefficient (Wildman–Crippen LogP) is 4.02. The van der Waals surface area contributed by atoms with Crippen molar-refractivity contribution in [3.8, 4) is 0 Å². The van der Waals surface area contributed by atoms with Crippen LogP contribution in [-0.2, 0) is 0 Å². The maximum atomic E-state index is 2.36. The first-order valence-electron chi connectivity index (χ1n) is 4.80. The lowest BCUT2D eigenvalue weighted by molar-refractivity contribution is 0.429. The minimum atomic E-state index is 0.794. The molecule has 0 N–H and O–H groups in total. The zero-order valence-electron chi connectivity index (χ0n) is 8.65. The fraction of sp³-hybridized carbons (Fsp3) is 0.818. The highest BCUT2D eigenvalue weighted by Gasteiger charge is 2.11. The third-order valence-electron chi connectivity index (χ3n) is 2.36. The van der Waals surface area contributed by atoms with Crippen molar-refractivity contribution in [2.75, 3.05) is 0 Å². The number of hydrogen-bond donors (Lipinski definition) is 0. The molecule has 0 aromatic carbocycles. The molecule has 0 heterocycles. The van der Waals surface area contributed by atoms with E-state index in [0.29, 0.717) is 0 Å². The molecule has 0 aliphatic carbocycles. The maximum absolute atomic E-state index is 2.36. The van der Waals surface area contributed by atoms with Crippen LogP contribution in [0.1, 0.15) is 47.5 Å². The molecule has 0 fully saturated rings. The highest BCUT2D eigenvalue weighted by Crippen LogP contribution is 2.23. The van der Waals surface area contributed by atoms with Crippen LogP contribution in [0.2, 0.25) is 0 Å². The van der Waals surface area contributed by atoms with Crippen LogP contribution in [0.4, 0.5) is 0 Å². The van der Waals surface area contributed by atoms with Crippen molar-refractivity contribution in [2.45, 2.75) is 47.5 Å². The van der Waals surface area contributed by atoms with Crippen LogP contribution in [0, 0.1) is 11.8 Å². The summed E-state index contributed by atoms with van der Waals surface area (Å²) in [6.45, 7) is 11.4. The summed E-state index contributed by atoms with van der Waals surface area (Å²) in [5, 5.41) is 0. The van der Waals surface area contributed by atoms with E-state index in [9.17, 15) is 0 Å². The second-order valence-electron chi connectivity index (χ2n) is 3.62. The standard InChI is InChI=1S/C11H22/c1-6-8-10(5)11(7-2)9(3)4/h8-9,11H,6-7H2,1-5H3. The fourth-order valence-electron chi connectivity index (χ4n) is 1.79. The normalized spacial score (nSPS) is 15.6. The summed E-state index contributed by atoms with van der Waals surface area (Å²) < 4.78 is 0. The van der Waals surface area contributed by atoms with Crippen molar-refractivity contribution in [1.29, 1.82) is 0 Å². The predicted molar refractivity (Wildman–Crippen MR) is 52.7 cm³/mol. The van der Waals surface area contributed by atoms with Crippen molar-refractivity contribution >= 4 is 0 Å². The second-order valence-corrected chi connectivity index (χ2v) is 3.62. The summed E-state index contributed by atoms with van der Waals surface area (Å²) in [7, 11) is 0. The highest BCUT2D eigenvalue weighted by molar-refractivity contribution is 5.03. The lowest BCUT2D eigenvalue weighted by Crippen LogP contribution is -2.08. The van der Waals surface area contributed by atoms with Gasteiger partial charge in [0.05, 0.1) is 0 Å². The fourth-order valence-corrected chi connectivity index (χ4v) is 1.79. The Morgan fingerprint density at radius 1 is 1.27 bits per heavy atom. The van der Waals surface area contributed by atoms with Gasteiger partial charge in [0.25, 0.3) is 0 Å². The van der Waals surface area contributed by atoms with Gasteiger partial charge in [-0.05, 0) is 31.6 Å². The number of rotatable bonds is 4. The smallest absolute Gasteiger partial charge is 0.0186 e. The van der Waals surface area contributed by atoms with E-state index in [1.807, 2.05) is 0 Å². The molecule has 0 heteroatoms. The van der Waals surface area contributed by atoms with E-state index in [-0.39, 0.29) is 0 Å². The molecule has 0 aliphatic heterocycles. The van der Waals surface area contributed by atoms with Crippen molar-refractivity contribution in [1.82, 2.24) is 0 Å². The minimum Gasteiger partial charge on any atom is -0.0856 e. The van der Waals surface area contributed by atoms with Gasteiger partial charge < -0.3 is 0 Å².